The van der Waals surface area contributed by atoms with Crippen LogP contribution in [0.1, 0.15) is 41.3 Å². The number of hydrogen-bond acceptors (Lipinski definition) is 4. The van der Waals surface area contributed by atoms with Crippen LogP contribution in [0, 0.1) is 0 Å². The Morgan fingerprint density at radius 2 is 2.03 bits per heavy atom. The highest BCUT2D eigenvalue weighted by Gasteiger charge is 2.38. The lowest BCUT2D eigenvalue weighted by atomic mass is 10.0. The number of fused-ring (bicyclic) bond motifs is 1. The topological polar surface area (TPSA) is 105 Å². The zero-order valence-electron chi connectivity index (χ0n) is 16.4. The van der Waals surface area contributed by atoms with E-state index in [0.29, 0.717) is 18.3 Å². The Hall–Kier alpha value is -2.82. The van der Waals surface area contributed by atoms with Crippen molar-refractivity contribution in [3.05, 3.63) is 41.0 Å². The van der Waals surface area contributed by atoms with Crippen LogP contribution in [0.2, 0.25) is 0 Å². The summed E-state index contributed by atoms with van der Waals surface area (Å²) in [7, 11) is 2.11. The van der Waals surface area contributed by atoms with E-state index in [4.69, 9.17) is 9.90 Å². The Morgan fingerprint density at radius 3 is 2.55 bits per heavy atom. The zero-order valence-corrected chi connectivity index (χ0v) is 16.4. The molecule has 0 saturated heterocycles. The van der Waals surface area contributed by atoms with Crippen molar-refractivity contribution in [2.45, 2.75) is 45.6 Å². The smallest absolute Gasteiger partial charge is 0.475 e. The largest absolute Gasteiger partial charge is 0.490 e. The third-order valence-electron chi connectivity index (χ3n) is 4.66. The van der Waals surface area contributed by atoms with Crippen LogP contribution in [0.3, 0.4) is 0 Å². The Bertz CT molecular complexity index is 830. The molecule has 2 aromatic rings. The van der Waals surface area contributed by atoms with Crippen LogP contribution >= 0.6 is 0 Å². The highest BCUT2D eigenvalue weighted by molar-refractivity contribution is 5.92. The van der Waals surface area contributed by atoms with Crippen molar-refractivity contribution in [2.75, 3.05) is 13.6 Å². The third-order valence-corrected chi connectivity index (χ3v) is 4.66. The van der Waals surface area contributed by atoms with Crippen molar-refractivity contribution in [2.24, 2.45) is 0 Å². The standard InChI is InChI=1S/C16H23N5O.C2HF3O2/c1-11(2)20(3)9-14-12-6-8-21(10-15(12)19-18-14)16(22)13-5-4-7-17-13;3-2(4,5)1(6)7/h4-5,7,11,17H,6,8-10H2,1-3H3,(H,18,19);(H,6,7). The molecule has 29 heavy (non-hydrogen) atoms. The fourth-order valence-corrected chi connectivity index (χ4v) is 2.74. The van der Waals surface area contributed by atoms with Crippen molar-refractivity contribution in [3.63, 3.8) is 0 Å². The highest BCUT2D eigenvalue weighted by atomic mass is 19.4. The second-order valence-electron chi connectivity index (χ2n) is 7.00. The lowest BCUT2D eigenvalue weighted by Crippen LogP contribution is -2.36. The fraction of sp³-hybridized carbons (Fsp3) is 0.500. The quantitative estimate of drug-likeness (QED) is 0.711. The number of carbonyl (C=O) groups is 2. The molecule has 0 bridgehead atoms. The maximum Gasteiger partial charge on any atom is 0.490 e. The molecule has 0 saturated carbocycles. The highest BCUT2D eigenvalue weighted by Crippen LogP contribution is 2.22. The first kappa shape index (κ1) is 22.5. The van der Waals surface area contributed by atoms with Crippen LogP contribution in [0.4, 0.5) is 13.2 Å². The number of alkyl halides is 3. The Kier molecular flexibility index (Phi) is 7.07. The minimum absolute atomic E-state index is 0.0473. The van der Waals surface area contributed by atoms with Crippen LogP contribution in [-0.2, 0) is 24.3 Å². The number of carboxylic acid groups (broad SMARTS) is 1. The number of aliphatic carboxylic acids is 1. The molecule has 8 nitrogen and oxygen atoms in total. The first-order valence-electron chi connectivity index (χ1n) is 8.98. The van der Waals surface area contributed by atoms with E-state index in [1.54, 1.807) is 6.20 Å². The lowest BCUT2D eigenvalue weighted by Gasteiger charge is -2.27. The van der Waals surface area contributed by atoms with E-state index in [9.17, 15) is 18.0 Å². The van der Waals surface area contributed by atoms with Gasteiger partial charge in [0, 0.05) is 30.9 Å². The number of carbonyl (C=O) groups excluding carboxylic acids is 1. The van der Waals surface area contributed by atoms with E-state index in [1.165, 1.54) is 5.56 Å². The summed E-state index contributed by atoms with van der Waals surface area (Å²) in [6.07, 6.45) is -2.45. The predicted octanol–water partition coefficient (Wildman–Crippen LogP) is 2.41. The number of nitrogens with zero attached hydrogens (tertiary/aromatic N) is 3. The molecule has 0 radical (unpaired) electrons. The van der Waals surface area contributed by atoms with E-state index < -0.39 is 12.1 Å². The monoisotopic (exact) mass is 415 g/mol. The van der Waals surface area contributed by atoms with Gasteiger partial charge in [0.2, 0.25) is 0 Å². The molecule has 160 valence electrons. The summed E-state index contributed by atoms with van der Waals surface area (Å²) in [5.74, 6) is -2.71. The second kappa shape index (κ2) is 9.12. The molecule has 11 heteroatoms. The second-order valence-corrected chi connectivity index (χ2v) is 7.00. The van der Waals surface area contributed by atoms with Gasteiger partial charge >= 0.3 is 12.1 Å². The molecule has 0 spiro atoms. The first-order chi connectivity index (χ1) is 13.5. The van der Waals surface area contributed by atoms with Crippen molar-refractivity contribution in [1.82, 2.24) is 25.0 Å². The van der Waals surface area contributed by atoms with Crippen molar-refractivity contribution in [3.8, 4) is 0 Å². The lowest BCUT2D eigenvalue weighted by molar-refractivity contribution is -0.192. The number of carboxylic acids is 1. The number of aromatic amines is 2. The molecule has 3 N–H and O–H groups in total. The maximum absolute atomic E-state index is 12.4. The molecule has 3 heterocycles. The maximum atomic E-state index is 12.4. The molecule has 0 atom stereocenters. The molecule has 1 aliphatic rings. The zero-order chi connectivity index (χ0) is 21.8. The summed E-state index contributed by atoms with van der Waals surface area (Å²) < 4.78 is 31.7. The molecule has 1 aliphatic heterocycles. The van der Waals surface area contributed by atoms with Gasteiger partial charge in [0.15, 0.2) is 0 Å². The SMILES string of the molecule is CC(C)N(C)Cc1n[nH]c2c1CCN(C(=O)c1ccc[nH]1)C2.O=C(O)C(F)(F)F. The van der Waals surface area contributed by atoms with Gasteiger partial charge in [-0.3, -0.25) is 14.8 Å². The number of rotatable bonds is 4. The average Bonchev–Trinajstić information content (AvgIpc) is 3.30. The number of hydrogen-bond donors (Lipinski definition) is 3. The summed E-state index contributed by atoms with van der Waals surface area (Å²) in [6.45, 7) is 6.54. The molecule has 1 amide bonds. The number of aromatic nitrogens is 3. The summed E-state index contributed by atoms with van der Waals surface area (Å²) in [5.41, 5.74) is 4.10. The number of H-pyrrole nitrogens is 2. The number of amides is 1. The van der Waals surface area contributed by atoms with Gasteiger partial charge in [0.25, 0.3) is 5.91 Å². The molecule has 0 fully saturated rings. The summed E-state index contributed by atoms with van der Waals surface area (Å²) in [6, 6.07) is 4.15. The summed E-state index contributed by atoms with van der Waals surface area (Å²) >= 11 is 0. The summed E-state index contributed by atoms with van der Waals surface area (Å²) in [5, 5.41) is 14.7. The molecule has 2 aromatic heterocycles. The van der Waals surface area contributed by atoms with E-state index in [0.717, 1.165) is 30.9 Å². The predicted molar refractivity (Wildman–Crippen MR) is 98.1 cm³/mol. The van der Waals surface area contributed by atoms with Gasteiger partial charge in [-0.25, -0.2) is 4.79 Å². The molecule has 0 aliphatic carbocycles. The Morgan fingerprint density at radius 1 is 1.38 bits per heavy atom. The normalized spacial score (nSPS) is 13.9. The minimum atomic E-state index is -5.08. The molecular formula is C18H24F3N5O3. The van der Waals surface area contributed by atoms with Gasteiger partial charge in [-0.1, -0.05) is 0 Å². The van der Waals surface area contributed by atoms with Gasteiger partial charge in [0.05, 0.1) is 17.9 Å². The average molecular weight is 415 g/mol. The molecule has 0 aromatic carbocycles. The molecule has 0 unspecified atom stereocenters. The van der Waals surface area contributed by atoms with Crippen molar-refractivity contribution < 1.29 is 27.9 Å². The third kappa shape index (κ3) is 5.83. The van der Waals surface area contributed by atoms with Gasteiger partial charge in [-0.05, 0) is 39.4 Å². The van der Waals surface area contributed by atoms with Gasteiger partial charge < -0.3 is 15.0 Å². The molecular weight excluding hydrogens is 391 g/mol. The number of halogens is 3. The van der Waals surface area contributed by atoms with Crippen molar-refractivity contribution in [1.29, 1.82) is 0 Å². The van der Waals surface area contributed by atoms with Crippen LogP contribution in [0.15, 0.2) is 18.3 Å². The van der Waals surface area contributed by atoms with Crippen LogP contribution in [0.25, 0.3) is 0 Å². The number of nitrogens with one attached hydrogen (secondary N) is 2. The van der Waals surface area contributed by atoms with Crippen LogP contribution < -0.4 is 0 Å². The van der Waals surface area contributed by atoms with Gasteiger partial charge in [-0.15, -0.1) is 0 Å². The van der Waals surface area contributed by atoms with Crippen molar-refractivity contribution >= 4 is 11.9 Å². The van der Waals surface area contributed by atoms with Crippen LogP contribution in [-0.4, -0.2) is 67.8 Å². The minimum Gasteiger partial charge on any atom is -0.475 e. The van der Waals surface area contributed by atoms with Gasteiger partial charge in [-0.2, -0.15) is 18.3 Å². The first-order valence-corrected chi connectivity index (χ1v) is 8.98. The van der Waals surface area contributed by atoms with E-state index in [-0.39, 0.29) is 5.91 Å². The van der Waals surface area contributed by atoms with E-state index in [1.807, 2.05) is 17.0 Å². The fourth-order valence-electron chi connectivity index (χ4n) is 2.74. The van der Waals surface area contributed by atoms with E-state index >= 15 is 0 Å². The molecule has 3 rings (SSSR count). The van der Waals surface area contributed by atoms with Gasteiger partial charge in [0.1, 0.15) is 5.69 Å². The van der Waals surface area contributed by atoms with Crippen LogP contribution in [0.5, 0.6) is 0 Å². The Labute approximate surface area is 165 Å². The van der Waals surface area contributed by atoms with E-state index in [2.05, 4.69) is 41.0 Å². The summed E-state index contributed by atoms with van der Waals surface area (Å²) in [4.78, 5) is 28.4. The Balaban J connectivity index is 0.000000370.